The van der Waals surface area contributed by atoms with Gasteiger partial charge in [-0.15, -0.1) is 0 Å². The highest BCUT2D eigenvalue weighted by Crippen LogP contribution is 2.29. The van der Waals surface area contributed by atoms with Crippen molar-refractivity contribution in [3.63, 3.8) is 0 Å². The van der Waals surface area contributed by atoms with Crippen LogP contribution in [0.25, 0.3) is 0 Å². The maximum Gasteiger partial charge on any atom is 0.293 e. The van der Waals surface area contributed by atoms with Gasteiger partial charge in [0.25, 0.3) is 11.6 Å². The molecule has 1 aliphatic rings. The van der Waals surface area contributed by atoms with E-state index in [-0.39, 0.29) is 17.6 Å². The molecule has 0 aliphatic carbocycles. The molecule has 8 heteroatoms. The van der Waals surface area contributed by atoms with Crippen molar-refractivity contribution < 1.29 is 14.1 Å². The van der Waals surface area contributed by atoms with Crippen LogP contribution in [-0.2, 0) is 0 Å². The van der Waals surface area contributed by atoms with E-state index in [2.05, 4.69) is 5.32 Å². The number of hydrogen-bond donors (Lipinski definition) is 1. The quantitative estimate of drug-likeness (QED) is 0.673. The molecule has 1 aromatic heterocycles. The first-order valence-electron chi connectivity index (χ1n) is 7.56. The lowest BCUT2D eigenvalue weighted by Crippen LogP contribution is -2.42. The molecule has 3 rings (SSSR count). The fraction of sp³-hybridized carbons (Fsp3) is 0.312. The first kappa shape index (κ1) is 16.3. The van der Waals surface area contributed by atoms with Gasteiger partial charge in [-0.05, 0) is 31.0 Å². The zero-order valence-electron chi connectivity index (χ0n) is 12.8. The lowest BCUT2D eigenvalue weighted by atomic mass is 10.0. The first-order chi connectivity index (χ1) is 11.5. The van der Waals surface area contributed by atoms with Crippen LogP contribution in [0.1, 0.15) is 23.2 Å². The maximum atomic E-state index is 12.2. The number of furan rings is 1. The predicted molar refractivity (Wildman–Crippen MR) is 89.4 cm³/mol. The van der Waals surface area contributed by atoms with E-state index in [9.17, 15) is 14.9 Å². The summed E-state index contributed by atoms with van der Waals surface area (Å²) >= 11 is 5.82. The van der Waals surface area contributed by atoms with Gasteiger partial charge in [-0.25, -0.2) is 0 Å². The number of halogens is 1. The van der Waals surface area contributed by atoms with Crippen LogP contribution in [0.5, 0.6) is 0 Å². The Hall–Kier alpha value is -2.54. The SMILES string of the molecule is O=C(c1ccoc1)N1CCC(Nc2ccc(Cl)cc2[N+](=O)[O-])CC1. The normalized spacial score (nSPS) is 15.3. The Labute approximate surface area is 143 Å². The molecule has 1 amide bonds. The number of rotatable bonds is 4. The number of likely N-dealkylation sites (tertiary alicyclic amines) is 1. The number of nitro groups is 1. The molecule has 1 saturated heterocycles. The van der Waals surface area contributed by atoms with Crippen molar-refractivity contribution in [2.45, 2.75) is 18.9 Å². The second-order valence-electron chi connectivity index (χ2n) is 5.64. The number of anilines is 1. The van der Waals surface area contributed by atoms with Crippen molar-refractivity contribution in [1.82, 2.24) is 4.90 Å². The largest absolute Gasteiger partial charge is 0.472 e. The third-order valence-electron chi connectivity index (χ3n) is 4.07. The lowest BCUT2D eigenvalue weighted by Gasteiger charge is -2.32. The van der Waals surface area contributed by atoms with Gasteiger partial charge in [0.15, 0.2) is 0 Å². The van der Waals surface area contributed by atoms with E-state index in [4.69, 9.17) is 16.0 Å². The summed E-state index contributed by atoms with van der Waals surface area (Å²) in [5, 5.41) is 14.7. The molecule has 24 heavy (non-hydrogen) atoms. The van der Waals surface area contributed by atoms with Crippen molar-refractivity contribution in [1.29, 1.82) is 0 Å². The van der Waals surface area contributed by atoms with Gasteiger partial charge in [0.2, 0.25) is 0 Å². The molecule has 2 aromatic rings. The molecule has 1 fully saturated rings. The first-order valence-corrected chi connectivity index (χ1v) is 7.94. The van der Waals surface area contributed by atoms with E-state index in [1.165, 1.54) is 18.6 Å². The molecule has 2 heterocycles. The summed E-state index contributed by atoms with van der Waals surface area (Å²) in [6, 6.07) is 6.28. The number of carbonyl (C=O) groups is 1. The van der Waals surface area contributed by atoms with Crippen molar-refractivity contribution in [2.24, 2.45) is 0 Å². The third kappa shape index (κ3) is 3.51. The van der Waals surface area contributed by atoms with Gasteiger partial charge in [0, 0.05) is 30.2 Å². The van der Waals surface area contributed by atoms with Gasteiger partial charge in [0.05, 0.1) is 16.7 Å². The van der Waals surface area contributed by atoms with Crippen molar-refractivity contribution >= 4 is 28.9 Å². The summed E-state index contributed by atoms with van der Waals surface area (Å²) in [5.41, 5.74) is 0.943. The molecule has 0 radical (unpaired) electrons. The van der Waals surface area contributed by atoms with Crippen LogP contribution in [-0.4, -0.2) is 34.9 Å². The van der Waals surface area contributed by atoms with E-state index in [0.717, 1.165) is 0 Å². The smallest absolute Gasteiger partial charge is 0.293 e. The molecule has 1 aromatic carbocycles. The Balaban J connectivity index is 1.62. The highest BCUT2D eigenvalue weighted by atomic mass is 35.5. The van der Waals surface area contributed by atoms with Crippen LogP contribution in [0, 0.1) is 10.1 Å². The molecule has 0 spiro atoms. The molecule has 126 valence electrons. The Morgan fingerprint density at radius 3 is 2.71 bits per heavy atom. The molecule has 7 nitrogen and oxygen atoms in total. The third-order valence-corrected chi connectivity index (χ3v) is 4.30. The van der Waals surface area contributed by atoms with Gasteiger partial charge >= 0.3 is 0 Å². The average molecular weight is 350 g/mol. The summed E-state index contributed by atoms with van der Waals surface area (Å²) in [4.78, 5) is 24.7. The number of amides is 1. The minimum absolute atomic E-state index is 0.0422. The van der Waals surface area contributed by atoms with Crippen LogP contribution < -0.4 is 5.32 Å². The topological polar surface area (TPSA) is 88.6 Å². The van der Waals surface area contributed by atoms with Crippen LogP contribution in [0.4, 0.5) is 11.4 Å². The summed E-state index contributed by atoms with van der Waals surface area (Å²) < 4.78 is 4.94. The van der Waals surface area contributed by atoms with Gasteiger partial charge in [0.1, 0.15) is 12.0 Å². The molecule has 1 aliphatic heterocycles. The summed E-state index contributed by atoms with van der Waals surface area (Å²) in [7, 11) is 0. The highest BCUT2D eigenvalue weighted by Gasteiger charge is 2.25. The Morgan fingerprint density at radius 2 is 2.08 bits per heavy atom. The van der Waals surface area contributed by atoms with E-state index in [1.54, 1.807) is 23.1 Å². The van der Waals surface area contributed by atoms with Crippen molar-refractivity contribution in [3.8, 4) is 0 Å². The summed E-state index contributed by atoms with van der Waals surface area (Å²) in [5.74, 6) is -0.0559. The highest BCUT2D eigenvalue weighted by molar-refractivity contribution is 6.30. The number of piperidine rings is 1. The van der Waals surface area contributed by atoms with Crippen LogP contribution >= 0.6 is 11.6 Å². The van der Waals surface area contributed by atoms with E-state index in [0.29, 0.717) is 42.2 Å². The Morgan fingerprint density at radius 1 is 1.33 bits per heavy atom. The van der Waals surface area contributed by atoms with Gasteiger partial charge in [-0.1, -0.05) is 11.6 Å². The van der Waals surface area contributed by atoms with Crippen LogP contribution in [0.15, 0.2) is 41.2 Å². The number of benzene rings is 1. The monoisotopic (exact) mass is 349 g/mol. The van der Waals surface area contributed by atoms with Crippen LogP contribution in [0.3, 0.4) is 0 Å². The molecule has 0 unspecified atom stereocenters. The average Bonchev–Trinajstić information content (AvgIpc) is 3.11. The number of carbonyl (C=O) groups excluding carboxylic acids is 1. The Kier molecular flexibility index (Phi) is 4.71. The van der Waals surface area contributed by atoms with E-state index in [1.807, 2.05) is 0 Å². The van der Waals surface area contributed by atoms with Crippen molar-refractivity contribution in [3.05, 3.63) is 57.5 Å². The standard InChI is InChI=1S/C16H16ClN3O4/c17-12-1-2-14(15(9-12)20(22)23)18-13-3-6-19(7-4-13)16(21)11-5-8-24-10-11/h1-2,5,8-10,13,18H,3-4,6-7H2. The minimum atomic E-state index is -0.453. The fourth-order valence-electron chi connectivity index (χ4n) is 2.79. The number of hydrogen-bond acceptors (Lipinski definition) is 5. The predicted octanol–water partition coefficient (Wildman–Crippen LogP) is 3.56. The Bertz CT molecular complexity index is 740. The number of nitrogens with zero attached hydrogens (tertiary/aromatic N) is 2. The van der Waals surface area contributed by atoms with Gasteiger partial charge in [-0.2, -0.15) is 0 Å². The molecular weight excluding hydrogens is 334 g/mol. The maximum absolute atomic E-state index is 12.2. The fourth-order valence-corrected chi connectivity index (χ4v) is 2.96. The van der Waals surface area contributed by atoms with Crippen LogP contribution in [0.2, 0.25) is 5.02 Å². The number of nitrogens with one attached hydrogen (secondary N) is 1. The molecular formula is C16H16ClN3O4. The second kappa shape index (κ2) is 6.92. The lowest BCUT2D eigenvalue weighted by molar-refractivity contribution is -0.384. The molecule has 0 atom stereocenters. The molecule has 0 saturated carbocycles. The molecule has 1 N–H and O–H groups in total. The molecule has 0 bridgehead atoms. The minimum Gasteiger partial charge on any atom is -0.472 e. The van der Waals surface area contributed by atoms with Crippen molar-refractivity contribution in [2.75, 3.05) is 18.4 Å². The van der Waals surface area contributed by atoms with E-state index >= 15 is 0 Å². The second-order valence-corrected chi connectivity index (χ2v) is 6.08. The zero-order chi connectivity index (χ0) is 17.1. The number of nitro benzene ring substituents is 1. The zero-order valence-corrected chi connectivity index (χ0v) is 13.5. The summed E-state index contributed by atoms with van der Waals surface area (Å²) in [6.45, 7) is 1.17. The summed E-state index contributed by atoms with van der Waals surface area (Å²) in [6.07, 6.45) is 4.33. The van der Waals surface area contributed by atoms with Gasteiger partial charge < -0.3 is 14.6 Å². The van der Waals surface area contributed by atoms with E-state index < -0.39 is 4.92 Å². The van der Waals surface area contributed by atoms with Gasteiger partial charge in [-0.3, -0.25) is 14.9 Å².